The van der Waals surface area contributed by atoms with Crippen molar-refractivity contribution >= 4 is 54.5 Å². The predicted molar refractivity (Wildman–Crippen MR) is 221 cm³/mol. The number of para-hydroxylation sites is 1. The quantitative estimate of drug-likeness (QED) is 0.180. The number of nitrogens with zero attached hydrogens (tertiary/aromatic N) is 4. The molecule has 0 fully saturated rings. The van der Waals surface area contributed by atoms with Gasteiger partial charge in [0.1, 0.15) is 5.58 Å². The summed E-state index contributed by atoms with van der Waals surface area (Å²) in [4.78, 5) is 14.9. The van der Waals surface area contributed by atoms with E-state index in [4.69, 9.17) is 19.4 Å². The highest BCUT2D eigenvalue weighted by Crippen LogP contribution is 2.42. The zero-order valence-electron chi connectivity index (χ0n) is 29.0. The summed E-state index contributed by atoms with van der Waals surface area (Å²) in [5, 5.41) is 6.90. The minimum Gasteiger partial charge on any atom is -0.454 e. The minimum absolute atomic E-state index is 0.588. The van der Waals surface area contributed by atoms with Crippen LogP contribution >= 0.6 is 0 Å². The van der Waals surface area contributed by atoms with Gasteiger partial charge in [-0.15, -0.1) is 0 Å². The van der Waals surface area contributed by atoms with Gasteiger partial charge in [-0.25, -0.2) is 15.0 Å². The van der Waals surface area contributed by atoms with Crippen LogP contribution in [0.25, 0.3) is 105 Å². The molecule has 11 aromatic rings. The van der Waals surface area contributed by atoms with Gasteiger partial charge in [-0.2, -0.15) is 0 Å². The molecule has 0 atom stereocenters. The van der Waals surface area contributed by atoms with Crippen LogP contribution in [-0.2, 0) is 0 Å². The van der Waals surface area contributed by atoms with Crippen molar-refractivity contribution in [2.75, 3.05) is 0 Å². The molecule has 5 heteroatoms. The summed E-state index contributed by atoms with van der Waals surface area (Å²) in [6, 6.07) is 63.4. The van der Waals surface area contributed by atoms with Crippen molar-refractivity contribution in [3.63, 3.8) is 0 Å². The van der Waals surface area contributed by atoms with Gasteiger partial charge in [0.25, 0.3) is 0 Å². The summed E-state index contributed by atoms with van der Waals surface area (Å²) in [7, 11) is 0. The highest BCUT2D eigenvalue weighted by atomic mass is 16.3. The van der Waals surface area contributed by atoms with Crippen LogP contribution in [0, 0.1) is 0 Å². The maximum Gasteiger partial charge on any atom is 0.164 e. The zero-order valence-corrected chi connectivity index (χ0v) is 29.0. The van der Waals surface area contributed by atoms with Crippen molar-refractivity contribution in [1.29, 1.82) is 0 Å². The molecule has 0 aliphatic heterocycles. The molecule has 0 bridgehead atoms. The Balaban J connectivity index is 1.18. The van der Waals surface area contributed by atoms with Gasteiger partial charge >= 0.3 is 0 Å². The molecule has 0 aliphatic carbocycles. The smallest absolute Gasteiger partial charge is 0.164 e. The van der Waals surface area contributed by atoms with E-state index in [0.717, 1.165) is 66.5 Å². The zero-order chi connectivity index (χ0) is 35.6. The molecule has 11 rings (SSSR count). The second-order valence-electron chi connectivity index (χ2n) is 13.7. The molecule has 0 N–H and O–H groups in total. The number of hydrogen-bond donors (Lipinski definition) is 0. The summed E-state index contributed by atoms with van der Waals surface area (Å²) in [6.45, 7) is 0. The molecule has 3 heterocycles. The Morgan fingerprint density at radius 2 is 0.926 bits per heavy atom. The Labute approximate surface area is 310 Å². The third-order valence-electron chi connectivity index (χ3n) is 10.4. The van der Waals surface area contributed by atoms with Crippen molar-refractivity contribution in [2.45, 2.75) is 0 Å². The third kappa shape index (κ3) is 4.90. The lowest BCUT2D eigenvalue weighted by Crippen LogP contribution is -2.00. The molecule has 0 saturated heterocycles. The van der Waals surface area contributed by atoms with Crippen LogP contribution in [0.1, 0.15) is 0 Å². The van der Waals surface area contributed by atoms with Crippen LogP contribution in [-0.4, -0.2) is 19.5 Å². The Kier molecular flexibility index (Phi) is 6.79. The first-order valence-electron chi connectivity index (χ1n) is 18.1. The second kappa shape index (κ2) is 12.1. The number of benzene rings is 8. The Morgan fingerprint density at radius 3 is 1.61 bits per heavy atom. The molecular formula is C49H30N4O. The van der Waals surface area contributed by atoms with Crippen molar-refractivity contribution in [1.82, 2.24) is 19.5 Å². The molecule has 8 aromatic carbocycles. The molecule has 0 amide bonds. The fourth-order valence-corrected chi connectivity index (χ4v) is 7.81. The lowest BCUT2D eigenvalue weighted by molar-refractivity contribution is 0.666. The fraction of sp³-hybridized carbons (Fsp3) is 0. The van der Waals surface area contributed by atoms with E-state index in [1.807, 2.05) is 60.7 Å². The molecule has 252 valence electrons. The topological polar surface area (TPSA) is 56.7 Å². The molecule has 0 aliphatic rings. The van der Waals surface area contributed by atoms with Crippen molar-refractivity contribution in [3.05, 3.63) is 182 Å². The molecule has 0 radical (unpaired) electrons. The van der Waals surface area contributed by atoms with Crippen LogP contribution in [0.2, 0.25) is 0 Å². The van der Waals surface area contributed by atoms with Gasteiger partial charge in [-0.3, -0.25) is 0 Å². The van der Waals surface area contributed by atoms with Gasteiger partial charge in [0.2, 0.25) is 0 Å². The first kappa shape index (κ1) is 30.3. The third-order valence-corrected chi connectivity index (χ3v) is 10.4. The molecule has 54 heavy (non-hydrogen) atoms. The number of aromatic nitrogens is 4. The number of hydrogen-bond acceptors (Lipinski definition) is 4. The maximum absolute atomic E-state index is 6.98. The number of rotatable bonds is 5. The molecule has 0 unspecified atom stereocenters. The summed E-state index contributed by atoms with van der Waals surface area (Å²) >= 11 is 0. The molecule has 0 saturated carbocycles. The van der Waals surface area contributed by atoms with E-state index in [1.54, 1.807) is 0 Å². The maximum atomic E-state index is 6.98. The average molecular weight is 691 g/mol. The van der Waals surface area contributed by atoms with Gasteiger partial charge in [0, 0.05) is 38.2 Å². The first-order chi connectivity index (χ1) is 26.7. The van der Waals surface area contributed by atoms with Crippen LogP contribution in [0.5, 0.6) is 0 Å². The SMILES string of the molecule is c1ccc(-c2cc(-n3c4ccccc4c4cc5ccccc5cc43)c3oc4cc(-c5nc(-c6ccccc6)nc(-c6ccccc6)n5)ccc4c3c2)cc1. The van der Waals surface area contributed by atoms with Crippen LogP contribution in [0.3, 0.4) is 0 Å². The van der Waals surface area contributed by atoms with Gasteiger partial charge in [-0.1, -0.05) is 140 Å². The van der Waals surface area contributed by atoms with Crippen LogP contribution < -0.4 is 0 Å². The highest BCUT2D eigenvalue weighted by molar-refractivity contribution is 6.16. The predicted octanol–water partition coefficient (Wildman–Crippen LogP) is 12.7. The molecule has 5 nitrogen and oxygen atoms in total. The standard InChI is InChI=1S/C49H30N4O/c1-4-14-31(15-5-1)37-27-41-39-25-24-36(49-51-47(32-16-6-2-7-17-32)50-48(52-49)33-18-8-3-9-19-33)30-45(39)54-46(41)44(29-37)53-42-23-13-12-22-38(42)40-26-34-20-10-11-21-35(34)28-43(40)53/h1-30H. The molecule has 3 aromatic heterocycles. The van der Waals surface area contributed by atoms with Crippen LogP contribution in [0.15, 0.2) is 186 Å². The van der Waals surface area contributed by atoms with E-state index in [-0.39, 0.29) is 0 Å². The van der Waals surface area contributed by atoms with Crippen molar-refractivity contribution in [3.8, 4) is 51.0 Å². The average Bonchev–Trinajstić information content (AvgIpc) is 3.78. The van der Waals surface area contributed by atoms with E-state index < -0.39 is 0 Å². The lowest BCUT2D eigenvalue weighted by Gasteiger charge is -2.12. The summed E-state index contributed by atoms with van der Waals surface area (Å²) in [5.74, 6) is 1.83. The molecular weight excluding hydrogens is 661 g/mol. The van der Waals surface area contributed by atoms with Gasteiger partial charge in [0.15, 0.2) is 23.1 Å². The minimum atomic E-state index is 0.588. The number of fused-ring (bicyclic) bond motifs is 7. The van der Waals surface area contributed by atoms with Crippen molar-refractivity contribution < 1.29 is 4.42 Å². The van der Waals surface area contributed by atoms with Gasteiger partial charge < -0.3 is 8.98 Å². The lowest BCUT2D eigenvalue weighted by atomic mass is 10.0. The van der Waals surface area contributed by atoms with Crippen molar-refractivity contribution in [2.24, 2.45) is 0 Å². The van der Waals surface area contributed by atoms with E-state index in [2.05, 4.69) is 126 Å². The Bertz CT molecular complexity index is 3140. The first-order valence-corrected chi connectivity index (χ1v) is 18.1. The monoisotopic (exact) mass is 690 g/mol. The fourth-order valence-electron chi connectivity index (χ4n) is 7.81. The van der Waals surface area contributed by atoms with E-state index in [0.29, 0.717) is 17.5 Å². The summed E-state index contributed by atoms with van der Waals surface area (Å²) in [5.41, 5.74) is 9.82. The van der Waals surface area contributed by atoms with E-state index in [1.165, 1.54) is 21.5 Å². The van der Waals surface area contributed by atoms with E-state index in [9.17, 15) is 0 Å². The number of furan rings is 1. The Morgan fingerprint density at radius 1 is 0.352 bits per heavy atom. The summed E-state index contributed by atoms with van der Waals surface area (Å²) < 4.78 is 9.36. The highest BCUT2D eigenvalue weighted by Gasteiger charge is 2.21. The molecule has 0 spiro atoms. The van der Waals surface area contributed by atoms with Gasteiger partial charge in [-0.05, 0) is 64.4 Å². The van der Waals surface area contributed by atoms with Crippen LogP contribution in [0.4, 0.5) is 0 Å². The Hall–Kier alpha value is -7.37. The van der Waals surface area contributed by atoms with Gasteiger partial charge in [0.05, 0.1) is 16.7 Å². The van der Waals surface area contributed by atoms with E-state index >= 15 is 0 Å². The normalized spacial score (nSPS) is 11.7. The summed E-state index contributed by atoms with van der Waals surface area (Å²) in [6.07, 6.45) is 0. The second-order valence-corrected chi connectivity index (χ2v) is 13.7. The largest absolute Gasteiger partial charge is 0.454 e.